The molecule has 0 amide bonds. The molecule has 0 bridgehead atoms. The first kappa shape index (κ1) is 48.0. The van der Waals surface area contributed by atoms with Crippen LogP contribution in [-0.4, -0.2) is 53.9 Å². The first-order valence-corrected chi connectivity index (χ1v) is 21.1. The van der Waals surface area contributed by atoms with E-state index in [4.69, 9.17) is 24.8 Å². The maximum atomic E-state index is 12.5. The van der Waals surface area contributed by atoms with E-state index in [1.165, 1.54) is 83.5 Å². The molecule has 0 saturated carbocycles. The molecule has 10 nitrogen and oxygen atoms in total. The fraction of sp³-hybridized carbons (Fsp3) is 0.795. The number of allylic oxidation sites excluding steroid dienone is 5. The van der Waals surface area contributed by atoms with Crippen LogP contribution in [0.5, 0.6) is 0 Å². The zero-order chi connectivity index (χ0) is 37.0. The van der Waals surface area contributed by atoms with E-state index in [0.717, 1.165) is 57.8 Å². The summed E-state index contributed by atoms with van der Waals surface area (Å²) in [6, 6.07) is -1.48. The summed E-state index contributed by atoms with van der Waals surface area (Å²) in [7, 11) is -4.63. The molecule has 0 aliphatic rings. The van der Waals surface area contributed by atoms with E-state index in [-0.39, 0.29) is 13.0 Å². The van der Waals surface area contributed by atoms with Gasteiger partial charge in [-0.3, -0.25) is 18.6 Å². The van der Waals surface area contributed by atoms with Crippen molar-refractivity contribution in [3.63, 3.8) is 0 Å². The van der Waals surface area contributed by atoms with Crippen LogP contribution in [0.15, 0.2) is 36.6 Å². The fourth-order valence-corrected chi connectivity index (χ4v) is 5.89. The maximum absolute atomic E-state index is 12.5. The Kier molecular flexibility index (Phi) is 34.0. The normalized spacial score (nSPS) is 14.4. The molecule has 0 aliphatic carbocycles. The number of ether oxygens (including phenoxy) is 2. The van der Waals surface area contributed by atoms with Crippen LogP contribution in [0.1, 0.15) is 168 Å². The first-order chi connectivity index (χ1) is 24.2. The van der Waals surface area contributed by atoms with E-state index in [0.29, 0.717) is 6.42 Å². The zero-order valence-corrected chi connectivity index (χ0v) is 32.4. The second kappa shape index (κ2) is 35.4. The van der Waals surface area contributed by atoms with Gasteiger partial charge >= 0.3 is 19.8 Å². The number of carboxylic acids is 1. The van der Waals surface area contributed by atoms with Crippen LogP contribution in [-0.2, 0) is 32.7 Å². The number of esters is 1. The van der Waals surface area contributed by atoms with Crippen LogP contribution < -0.4 is 5.73 Å². The summed E-state index contributed by atoms with van der Waals surface area (Å²) in [6.45, 7) is 3.20. The molecule has 0 fully saturated rings. The lowest BCUT2D eigenvalue weighted by atomic mass is 10.0. The largest absolute Gasteiger partial charge is 0.498 e. The summed E-state index contributed by atoms with van der Waals surface area (Å²) in [5.74, 6) is -1.82. The summed E-state index contributed by atoms with van der Waals surface area (Å²) in [5.41, 5.74) is 5.33. The van der Waals surface area contributed by atoms with Crippen molar-refractivity contribution in [1.29, 1.82) is 0 Å². The summed E-state index contributed by atoms with van der Waals surface area (Å²) < 4.78 is 33.0. The maximum Gasteiger partial charge on any atom is 0.472 e. The van der Waals surface area contributed by atoms with Crippen molar-refractivity contribution in [3.8, 4) is 0 Å². The van der Waals surface area contributed by atoms with E-state index < -0.39 is 45.1 Å². The van der Waals surface area contributed by atoms with Crippen molar-refractivity contribution >= 4 is 19.8 Å². The molecular weight excluding hydrogens is 657 g/mol. The molecule has 0 aromatic rings. The van der Waals surface area contributed by atoms with Gasteiger partial charge in [-0.2, -0.15) is 0 Å². The average Bonchev–Trinajstić information content (AvgIpc) is 3.09. The van der Waals surface area contributed by atoms with Crippen molar-refractivity contribution < 1.29 is 42.7 Å². The quantitative estimate of drug-likeness (QED) is 0.0185. The molecule has 11 heteroatoms. The monoisotopic (exact) mass is 729 g/mol. The number of aliphatic carboxylic acids is 1. The number of phosphoric acid groups is 1. The molecule has 1 unspecified atom stereocenters. The Morgan fingerprint density at radius 1 is 0.640 bits per heavy atom. The van der Waals surface area contributed by atoms with Gasteiger partial charge in [-0.25, -0.2) is 4.57 Å². The highest BCUT2D eigenvalue weighted by atomic mass is 31.2. The topological polar surface area (TPSA) is 155 Å². The van der Waals surface area contributed by atoms with Gasteiger partial charge in [0.15, 0.2) is 6.10 Å². The van der Waals surface area contributed by atoms with Gasteiger partial charge in [0.1, 0.15) is 12.6 Å². The Bertz CT molecular complexity index is 941. The Morgan fingerprint density at radius 3 is 1.68 bits per heavy atom. The molecule has 0 rings (SSSR count). The Hall–Kier alpha value is -1.97. The summed E-state index contributed by atoms with van der Waals surface area (Å²) >= 11 is 0. The highest BCUT2D eigenvalue weighted by molar-refractivity contribution is 7.47. The molecule has 0 radical (unpaired) electrons. The first-order valence-electron chi connectivity index (χ1n) is 19.6. The van der Waals surface area contributed by atoms with Crippen LogP contribution >= 0.6 is 7.82 Å². The molecule has 0 spiro atoms. The Labute approximate surface area is 304 Å². The third-order valence-electron chi connectivity index (χ3n) is 8.24. The van der Waals surface area contributed by atoms with E-state index in [9.17, 15) is 19.0 Å². The predicted molar refractivity (Wildman–Crippen MR) is 203 cm³/mol. The number of rotatable bonds is 37. The average molecular weight is 730 g/mol. The third-order valence-corrected chi connectivity index (χ3v) is 9.19. The molecule has 0 aromatic heterocycles. The number of carboxylic acid groups (broad SMARTS) is 1. The molecular formula is C39H72NO9P. The second-order valence-electron chi connectivity index (χ2n) is 13.1. The third kappa shape index (κ3) is 34.5. The van der Waals surface area contributed by atoms with Crippen LogP contribution in [0, 0.1) is 0 Å². The number of unbranched alkanes of at least 4 members (excludes halogenated alkanes) is 19. The van der Waals surface area contributed by atoms with Gasteiger partial charge in [-0.1, -0.05) is 141 Å². The summed E-state index contributed by atoms with van der Waals surface area (Å²) in [5, 5.41) is 8.86. The predicted octanol–water partition coefficient (Wildman–Crippen LogP) is 10.5. The zero-order valence-electron chi connectivity index (χ0n) is 31.5. The number of carbonyl (C=O) groups excluding carboxylic acids is 1. The van der Waals surface area contributed by atoms with Gasteiger partial charge in [-0.15, -0.1) is 0 Å². The number of hydrogen-bond donors (Lipinski definition) is 3. The van der Waals surface area contributed by atoms with Gasteiger partial charge in [0.25, 0.3) is 0 Å². The Morgan fingerprint density at radius 2 is 1.12 bits per heavy atom. The molecule has 50 heavy (non-hydrogen) atoms. The van der Waals surface area contributed by atoms with Crippen LogP contribution in [0.25, 0.3) is 0 Å². The van der Waals surface area contributed by atoms with Crippen LogP contribution in [0.2, 0.25) is 0 Å². The lowest BCUT2D eigenvalue weighted by Gasteiger charge is -2.20. The number of nitrogens with two attached hydrogens (primary N) is 1. The lowest BCUT2D eigenvalue weighted by molar-refractivity contribution is -0.153. The molecule has 0 saturated heterocycles. The van der Waals surface area contributed by atoms with Gasteiger partial charge in [0.2, 0.25) is 0 Å². The molecule has 4 N–H and O–H groups in total. The molecule has 0 aromatic carbocycles. The minimum atomic E-state index is -4.63. The van der Waals surface area contributed by atoms with Crippen LogP contribution in [0.3, 0.4) is 0 Å². The number of phosphoric ester groups is 1. The van der Waals surface area contributed by atoms with Gasteiger partial charge in [0.05, 0.1) is 19.5 Å². The van der Waals surface area contributed by atoms with E-state index in [1.807, 2.05) is 6.08 Å². The SMILES string of the molecule is CCCC/C=C\C/C=C\CCCCCCCC(=O)O[C@H](CO/C=C\CCCCCCCCCCCCCC)COP(=O)(O)OC[C@H](N)C(=O)O. The molecule has 0 aliphatic heterocycles. The second-order valence-corrected chi connectivity index (χ2v) is 14.6. The lowest BCUT2D eigenvalue weighted by Crippen LogP contribution is -2.34. The van der Waals surface area contributed by atoms with Crippen molar-refractivity contribution in [2.24, 2.45) is 5.73 Å². The van der Waals surface area contributed by atoms with Crippen LogP contribution in [0.4, 0.5) is 0 Å². The van der Waals surface area contributed by atoms with Gasteiger partial charge < -0.3 is 25.2 Å². The number of carbonyl (C=O) groups is 2. The highest BCUT2D eigenvalue weighted by Crippen LogP contribution is 2.43. The highest BCUT2D eigenvalue weighted by Gasteiger charge is 2.27. The van der Waals surface area contributed by atoms with E-state index >= 15 is 0 Å². The standard InChI is InChI=1S/C39H72NO9P/c1-3-5-7-9-11-13-15-17-19-21-23-25-27-29-31-38(41)49-36(34-47-50(44,45)48-35-37(40)39(42)43)33-46-32-30-28-26-24-22-20-18-16-14-12-10-8-6-4-2/h9,11,15,17,30,32,36-37H,3-8,10,12-14,16,18-29,31,33-35,40H2,1-2H3,(H,42,43)(H,44,45)/b11-9-,17-15-,32-30-/t36-,37+/m1/s1. The van der Waals surface area contributed by atoms with E-state index in [1.54, 1.807) is 6.26 Å². The fourth-order valence-electron chi connectivity index (χ4n) is 5.11. The van der Waals surface area contributed by atoms with Crippen molar-refractivity contribution in [2.45, 2.75) is 180 Å². The molecule has 0 heterocycles. The molecule has 292 valence electrons. The minimum absolute atomic E-state index is 0.0721. The summed E-state index contributed by atoms with van der Waals surface area (Å²) in [6.07, 6.45) is 38.5. The smallest absolute Gasteiger partial charge is 0.472 e. The van der Waals surface area contributed by atoms with Crippen molar-refractivity contribution in [1.82, 2.24) is 0 Å². The van der Waals surface area contributed by atoms with E-state index in [2.05, 4.69) is 42.7 Å². The molecule has 3 atom stereocenters. The minimum Gasteiger partial charge on any atom is -0.498 e. The summed E-state index contributed by atoms with van der Waals surface area (Å²) in [4.78, 5) is 33.4. The number of hydrogen-bond acceptors (Lipinski definition) is 8. The van der Waals surface area contributed by atoms with Crippen molar-refractivity contribution in [2.75, 3.05) is 19.8 Å². The van der Waals surface area contributed by atoms with Gasteiger partial charge in [0, 0.05) is 6.42 Å². The van der Waals surface area contributed by atoms with Crippen molar-refractivity contribution in [3.05, 3.63) is 36.6 Å². The Balaban J connectivity index is 4.38. The van der Waals surface area contributed by atoms with Gasteiger partial charge in [-0.05, 0) is 51.0 Å².